The van der Waals surface area contributed by atoms with Crippen LogP contribution in [0.2, 0.25) is 0 Å². The van der Waals surface area contributed by atoms with Crippen molar-refractivity contribution in [1.82, 2.24) is 14.7 Å². The molecule has 0 bridgehead atoms. The van der Waals surface area contributed by atoms with Crippen molar-refractivity contribution in [3.63, 3.8) is 0 Å². The van der Waals surface area contributed by atoms with Crippen molar-refractivity contribution in [2.24, 2.45) is 0 Å². The fraction of sp³-hybridized carbons (Fsp3) is 0.722. The summed E-state index contributed by atoms with van der Waals surface area (Å²) in [6.07, 6.45) is 3.80. The lowest BCUT2D eigenvalue weighted by molar-refractivity contribution is 0.0736. The lowest BCUT2D eigenvalue weighted by Crippen LogP contribution is -2.38. The van der Waals surface area contributed by atoms with Gasteiger partial charge in [-0.1, -0.05) is 6.42 Å². The van der Waals surface area contributed by atoms with Crippen LogP contribution in [-0.2, 0) is 6.54 Å². The molecular formula is C18H31N3O4. The van der Waals surface area contributed by atoms with E-state index in [0.717, 1.165) is 19.6 Å². The molecule has 1 fully saturated rings. The number of aliphatic hydroxyl groups is 2. The minimum atomic E-state index is -0.112. The van der Waals surface area contributed by atoms with Crippen LogP contribution in [0.25, 0.3) is 0 Å². The molecule has 2 rings (SSSR count). The quantitative estimate of drug-likeness (QED) is 0.642. The van der Waals surface area contributed by atoms with Crippen molar-refractivity contribution in [1.29, 1.82) is 0 Å². The summed E-state index contributed by atoms with van der Waals surface area (Å²) in [4.78, 5) is 18.5. The van der Waals surface area contributed by atoms with Gasteiger partial charge in [-0.05, 0) is 38.1 Å². The summed E-state index contributed by atoms with van der Waals surface area (Å²) in [6, 6.07) is 3.48. The fourth-order valence-electron chi connectivity index (χ4n) is 3.12. The van der Waals surface area contributed by atoms with Gasteiger partial charge in [-0.25, -0.2) is 0 Å². The Morgan fingerprint density at radius 2 is 1.80 bits per heavy atom. The van der Waals surface area contributed by atoms with Crippen molar-refractivity contribution in [2.75, 3.05) is 59.5 Å². The Morgan fingerprint density at radius 3 is 2.44 bits per heavy atom. The zero-order valence-electron chi connectivity index (χ0n) is 15.2. The molecule has 0 radical (unpaired) electrons. The Morgan fingerprint density at radius 1 is 1.12 bits per heavy atom. The fourth-order valence-corrected chi connectivity index (χ4v) is 3.12. The lowest BCUT2D eigenvalue weighted by atomic mass is 10.1. The van der Waals surface area contributed by atoms with Gasteiger partial charge in [0.2, 0.25) is 0 Å². The average molecular weight is 353 g/mol. The molecule has 0 spiro atoms. The third kappa shape index (κ3) is 6.43. The van der Waals surface area contributed by atoms with E-state index in [0.29, 0.717) is 37.7 Å². The SMILES string of the molecule is CN(CCN1CCCCC1)C(=O)c1ccc(CN(CCO)CCO)o1. The van der Waals surface area contributed by atoms with Crippen molar-refractivity contribution < 1.29 is 19.4 Å². The van der Waals surface area contributed by atoms with E-state index in [4.69, 9.17) is 14.6 Å². The molecule has 2 heterocycles. The molecule has 1 aromatic rings. The highest BCUT2D eigenvalue weighted by Gasteiger charge is 2.18. The lowest BCUT2D eigenvalue weighted by Gasteiger charge is -2.28. The van der Waals surface area contributed by atoms with E-state index in [-0.39, 0.29) is 19.1 Å². The summed E-state index contributed by atoms with van der Waals surface area (Å²) in [7, 11) is 1.80. The Kier molecular flexibility index (Phi) is 8.40. The number of nitrogens with zero attached hydrogens (tertiary/aromatic N) is 3. The Bertz CT molecular complexity index is 508. The summed E-state index contributed by atoms with van der Waals surface area (Å²) in [5, 5.41) is 18.1. The first-order valence-corrected chi connectivity index (χ1v) is 9.14. The van der Waals surface area contributed by atoms with Crippen LogP contribution < -0.4 is 0 Å². The van der Waals surface area contributed by atoms with E-state index in [1.807, 2.05) is 4.90 Å². The van der Waals surface area contributed by atoms with Gasteiger partial charge in [0.25, 0.3) is 5.91 Å². The van der Waals surface area contributed by atoms with E-state index < -0.39 is 0 Å². The number of furan rings is 1. The summed E-state index contributed by atoms with van der Waals surface area (Å²) in [5.41, 5.74) is 0. The molecule has 0 saturated carbocycles. The number of hydrogen-bond donors (Lipinski definition) is 2. The first-order valence-electron chi connectivity index (χ1n) is 9.14. The molecule has 2 N–H and O–H groups in total. The third-order valence-electron chi connectivity index (χ3n) is 4.63. The molecule has 142 valence electrons. The minimum Gasteiger partial charge on any atom is -0.455 e. The van der Waals surface area contributed by atoms with Crippen molar-refractivity contribution in [3.8, 4) is 0 Å². The van der Waals surface area contributed by atoms with Crippen LogP contribution in [0, 0.1) is 0 Å². The van der Waals surface area contributed by atoms with Gasteiger partial charge in [-0.15, -0.1) is 0 Å². The monoisotopic (exact) mass is 353 g/mol. The second kappa shape index (κ2) is 10.6. The van der Waals surface area contributed by atoms with Gasteiger partial charge in [0, 0.05) is 33.2 Å². The number of likely N-dealkylation sites (tertiary alicyclic amines) is 1. The average Bonchev–Trinajstić information content (AvgIpc) is 3.09. The van der Waals surface area contributed by atoms with Gasteiger partial charge in [-0.2, -0.15) is 0 Å². The van der Waals surface area contributed by atoms with E-state index in [1.54, 1.807) is 24.1 Å². The normalized spacial score (nSPS) is 15.7. The van der Waals surface area contributed by atoms with E-state index >= 15 is 0 Å². The number of carbonyl (C=O) groups is 1. The van der Waals surface area contributed by atoms with Crippen molar-refractivity contribution in [3.05, 3.63) is 23.7 Å². The predicted octanol–water partition coefficient (Wildman–Crippen LogP) is 0.624. The number of carbonyl (C=O) groups excluding carboxylic acids is 1. The summed E-state index contributed by atoms with van der Waals surface area (Å²) in [6.45, 7) is 5.26. The second-order valence-electron chi connectivity index (χ2n) is 6.62. The molecule has 7 nitrogen and oxygen atoms in total. The van der Waals surface area contributed by atoms with Crippen LogP contribution in [0.15, 0.2) is 16.5 Å². The molecule has 0 aliphatic carbocycles. The van der Waals surface area contributed by atoms with Gasteiger partial charge in [0.1, 0.15) is 5.76 Å². The maximum Gasteiger partial charge on any atom is 0.289 e. The standard InChI is InChI=1S/C18H31N3O4/c1-19(9-10-20-7-3-2-4-8-20)18(24)17-6-5-16(25-17)15-21(11-13-22)12-14-23/h5-6,22-23H,2-4,7-15H2,1H3. The number of hydrogen-bond acceptors (Lipinski definition) is 6. The predicted molar refractivity (Wildman–Crippen MR) is 95.4 cm³/mol. The summed E-state index contributed by atoms with van der Waals surface area (Å²) in [5.74, 6) is 0.887. The maximum atomic E-state index is 12.5. The largest absolute Gasteiger partial charge is 0.455 e. The van der Waals surface area contributed by atoms with Crippen molar-refractivity contribution in [2.45, 2.75) is 25.8 Å². The highest BCUT2D eigenvalue weighted by Crippen LogP contribution is 2.13. The maximum absolute atomic E-state index is 12.5. The molecule has 1 aliphatic heterocycles. The molecule has 1 amide bonds. The Hall–Kier alpha value is -1.41. The highest BCUT2D eigenvalue weighted by molar-refractivity contribution is 5.91. The van der Waals surface area contributed by atoms with E-state index in [1.165, 1.54) is 19.3 Å². The Labute approximate surface area is 149 Å². The smallest absolute Gasteiger partial charge is 0.289 e. The van der Waals surface area contributed by atoms with Crippen LogP contribution in [0.3, 0.4) is 0 Å². The zero-order valence-corrected chi connectivity index (χ0v) is 15.2. The van der Waals surface area contributed by atoms with E-state index in [9.17, 15) is 4.79 Å². The third-order valence-corrected chi connectivity index (χ3v) is 4.63. The van der Waals surface area contributed by atoms with E-state index in [2.05, 4.69) is 4.90 Å². The van der Waals surface area contributed by atoms with Crippen LogP contribution in [0.4, 0.5) is 0 Å². The van der Waals surface area contributed by atoms with Gasteiger partial charge in [0.15, 0.2) is 5.76 Å². The second-order valence-corrected chi connectivity index (χ2v) is 6.62. The van der Waals surface area contributed by atoms with Gasteiger partial charge in [0.05, 0.1) is 19.8 Å². The molecule has 0 atom stereocenters. The molecule has 1 aliphatic rings. The molecule has 7 heteroatoms. The molecule has 1 saturated heterocycles. The van der Waals surface area contributed by atoms with Crippen LogP contribution in [0.5, 0.6) is 0 Å². The highest BCUT2D eigenvalue weighted by atomic mass is 16.4. The minimum absolute atomic E-state index is 0.0196. The van der Waals surface area contributed by atoms with Gasteiger partial charge >= 0.3 is 0 Å². The first kappa shape index (κ1) is 19.9. The number of amides is 1. The molecule has 0 aromatic carbocycles. The van der Waals surface area contributed by atoms with Crippen molar-refractivity contribution >= 4 is 5.91 Å². The number of likely N-dealkylation sites (N-methyl/N-ethyl adjacent to an activating group) is 1. The topological polar surface area (TPSA) is 80.4 Å². The van der Waals surface area contributed by atoms with Gasteiger partial charge in [-0.3, -0.25) is 9.69 Å². The molecule has 1 aromatic heterocycles. The summed E-state index contributed by atoms with van der Waals surface area (Å²) < 4.78 is 5.67. The number of rotatable bonds is 10. The zero-order chi connectivity index (χ0) is 18.1. The first-order chi connectivity index (χ1) is 12.1. The van der Waals surface area contributed by atoms with Crippen LogP contribution >= 0.6 is 0 Å². The van der Waals surface area contributed by atoms with Gasteiger partial charge < -0.3 is 24.4 Å². The summed E-state index contributed by atoms with van der Waals surface area (Å²) >= 11 is 0. The molecular weight excluding hydrogens is 322 g/mol. The van der Waals surface area contributed by atoms with Crippen LogP contribution in [-0.4, -0.2) is 90.3 Å². The Balaban J connectivity index is 1.83. The number of piperidine rings is 1. The van der Waals surface area contributed by atoms with Crippen LogP contribution in [0.1, 0.15) is 35.6 Å². The number of aliphatic hydroxyl groups excluding tert-OH is 2. The molecule has 25 heavy (non-hydrogen) atoms. The molecule has 0 unspecified atom stereocenters.